The van der Waals surface area contributed by atoms with Gasteiger partial charge in [-0.05, 0) is 12.8 Å². The number of unbranched alkanes of at least 4 members (excludes halogenated alkanes) is 18. The second-order valence-electron chi connectivity index (χ2n) is 8.32. The molecule has 0 fully saturated rings. The zero-order valence-corrected chi connectivity index (χ0v) is 19.3. The highest BCUT2D eigenvalue weighted by Crippen LogP contribution is 2.13. The molecule has 1 nitrogen and oxygen atoms in total. The van der Waals surface area contributed by atoms with Crippen LogP contribution in [-0.2, 0) is 0 Å². The first kappa shape index (κ1) is 26.3. The standard InChI is InChI=1S/C24H51NS/c1-3-5-7-9-11-13-15-17-19-21-23-25(26)24-22-20-18-16-14-12-10-8-6-4-2/h26H,3-24H2,1-2H3. The molecule has 0 atom stereocenters. The molecule has 0 aliphatic heterocycles. The molecule has 0 aliphatic carbocycles. The average Bonchev–Trinajstić information content (AvgIpc) is 2.64. The Balaban J connectivity index is 3.12. The lowest BCUT2D eigenvalue weighted by atomic mass is 10.1. The van der Waals surface area contributed by atoms with Crippen LogP contribution >= 0.6 is 12.8 Å². The van der Waals surface area contributed by atoms with Gasteiger partial charge in [-0.2, -0.15) is 0 Å². The molecule has 0 aromatic rings. The zero-order chi connectivity index (χ0) is 19.1. The van der Waals surface area contributed by atoms with Crippen LogP contribution in [0, 0.1) is 0 Å². The van der Waals surface area contributed by atoms with Gasteiger partial charge in [0.2, 0.25) is 0 Å². The minimum Gasteiger partial charge on any atom is -0.253 e. The van der Waals surface area contributed by atoms with Gasteiger partial charge in [0.1, 0.15) is 0 Å². The molecule has 2 heteroatoms. The van der Waals surface area contributed by atoms with Gasteiger partial charge in [0.15, 0.2) is 0 Å². The van der Waals surface area contributed by atoms with Crippen molar-refractivity contribution >= 4 is 12.8 Å². The van der Waals surface area contributed by atoms with Crippen molar-refractivity contribution in [3.05, 3.63) is 0 Å². The normalized spacial score (nSPS) is 11.5. The fraction of sp³-hybridized carbons (Fsp3) is 1.00. The van der Waals surface area contributed by atoms with E-state index >= 15 is 0 Å². The fourth-order valence-corrected chi connectivity index (χ4v) is 3.96. The maximum Gasteiger partial charge on any atom is 0.00869 e. The molecule has 26 heavy (non-hydrogen) atoms. The van der Waals surface area contributed by atoms with Crippen LogP contribution < -0.4 is 0 Å². The summed E-state index contributed by atoms with van der Waals surface area (Å²) in [6, 6.07) is 0. The van der Waals surface area contributed by atoms with Gasteiger partial charge in [0.05, 0.1) is 0 Å². The van der Waals surface area contributed by atoms with Crippen LogP contribution in [0.25, 0.3) is 0 Å². The number of rotatable bonds is 22. The van der Waals surface area contributed by atoms with Gasteiger partial charge in [0, 0.05) is 13.1 Å². The molecule has 0 unspecified atom stereocenters. The summed E-state index contributed by atoms with van der Waals surface area (Å²) in [5.74, 6) is 0. The summed E-state index contributed by atoms with van der Waals surface area (Å²) in [7, 11) is 0. The Kier molecular flexibility index (Phi) is 23.6. The van der Waals surface area contributed by atoms with E-state index in [4.69, 9.17) is 0 Å². The number of thiol groups is 1. The summed E-state index contributed by atoms with van der Waals surface area (Å²) < 4.78 is 2.26. The molecular formula is C24H51NS. The summed E-state index contributed by atoms with van der Waals surface area (Å²) >= 11 is 4.65. The molecule has 0 amide bonds. The third-order valence-corrected chi connectivity index (χ3v) is 5.94. The Morgan fingerprint density at radius 1 is 0.385 bits per heavy atom. The quantitative estimate of drug-likeness (QED) is 0.144. The fourth-order valence-electron chi connectivity index (χ4n) is 3.68. The Bertz CT molecular complexity index is 220. The van der Waals surface area contributed by atoms with E-state index in [1.165, 1.54) is 142 Å². The predicted molar refractivity (Wildman–Crippen MR) is 124 cm³/mol. The van der Waals surface area contributed by atoms with Crippen molar-refractivity contribution in [2.45, 2.75) is 142 Å². The molecule has 0 heterocycles. The molecule has 0 aromatic carbocycles. The van der Waals surface area contributed by atoms with Crippen LogP contribution in [0.15, 0.2) is 0 Å². The zero-order valence-electron chi connectivity index (χ0n) is 18.5. The third-order valence-electron chi connectivity index (χ3n) is 5.54. The van der Waals surface area contributed by atoms with Crippen LogP contribution in [0.2, 0.25) is 0 Å². The lowest BCUT2D eigenvalue weighted by Gasteiger charge is -2.14. The van der Waals surface area contributed by atoms with Crippen molar-refractivity contribution in [3.8, 4) is 0 Å². The van der Waals surface area contributed by atoms with Gasteiger partial charge < -0.3 is 0 Å². The lowest BCUT2D eigenvalue weighted by Crippen LogP contribution is -2.15. The maximum atomic E-state index is 4.65. The number of hydrogen-bond donors (Lipinski definition) is 1. The van der Waals surface area contributed by atoms with E-state index in [2.05, 4.69) is 31.0 Å². The van der Waals surface area contributed by atoms with Crippen LogP contribution in [-0.4, -0.2) is 17.4 Å². The molecule has 0 rings (SSSR count). The molecule has 0 saturated heterocycles. The molecule has 0 aromatic heterocycles. The minimum atomic E-state index is 1.18. The largest absolute Gasteiger partial charge is 0.253 e. The first-order valence-electron chi connectivity index (χ1n) is 12.2. The summed E-state index contributed by atoms with van der Waals surface area (Å²) in [4.78, 5) is 0. The molecular weight excluding hydrogens is 334 g/mol. The first-order valence-corrected chi connectivity index (χ1v) is 12.6. The minimum absolute atomic E-state index is 1.18. The predicted octanol–water partition coefficient (Wildman–Crippen LogP) is 8.98. The van der Waals surface area contributed by atoms with E-state index in [0.29, 0.717) is 0 Å². The summed E-state index contributed by atoms with van der Waals surface area (Å²) in [5, 5.41) is 0. The summed E-state index contributed by atoms with van der Waals surface area (Å²) in [6.45, 7) is 6.94. The van der Waals surface area contributed by atoms with Gasteiger partial charge in [-0.15, -0.1) is 0 Å². The summed E-state index contributed by atoms with van der Waals surface area (Å²) in [5.41, 5.74) is 0. The average molecular weight is 386 g/mol. The maximum absolute atomic E-state index is 4.65. The monoisotopic (exact) mass is 385 g/mol. The van der Waals surface area contributed by atoms with Gasteiger partial charge in [-0.1, -0.05) is 142 Å². The van der Waals surface area contributed by atoms with Crippen LogP contribution in [0.5, 0.6) is 0 Å². The molecule has 0 N–H and O–H groups in total. The number of hydrogen-bond acceptors (Lipinski definition) is 2. The van der Waals surface area contributed by atoms with E-state index in [1.54, 1.807) is 0 Å². The van der Waals surface area contributed by atoms with Crippen molar-refractivity contribution in [1.29, 1.82) is 0 Å². The SMILES string of the molecule is CCCCCCCCCCCCN(S)CCCCCCCCCCCC. The van der Waals surface area contributed by atoms with Crippen molar-refractivity contribution < 1.29 is 0 Å². The Morgan fingerprint density at radius 3 is 0.885 bits per heavy atom. The third kappa shape index (κ3) is 22.4. The highest BCUT2D eigenvalue weighted by molar-refractivity contribution is 7.77. The van der Waals surface area contributed by atoms with Gasteiger partial charge in [-0.25, -0.2) is 0 Å². The van der Waals surface area contributed by atoms with E-state index in [0.717, 1.165) is 0 Å². The smallest absolute Gasteiger partial charge is 0.00869 e. The molecule has 0 spiro atoms. The topological polar surface area (TPSA) is 3.24 Å². The lowest BCUT2D eigenvalue weighted by molar-refractivity contribution is 0.427. The van der Waals surface area contributed by atoms with Crippen molar-refractivity contribution in [2.75, 3.05) is 13.1 Å². The molecule has 0 bridgehead atoms. The second kappa shape index (κ2) is 23.3. The Hall–Kier alpha value is 0.310. The van der Waals surface area contributed by atoms with Crippen LogP contribution in [0.4, 0.5) is 0 Å². The summed E-state index contributed by atoms with van der Waals surface area (Å²) in [6.07, 6.45) is 28.4. The van der Waals surface area contributed by atoms with E-state index < -0.39 is 0 Å². The van der Waals surface area contributed by atoms with E-state index in [1.807, 2.05) is 0 Å². The Labute approximate surface area is 172 Å². The van der Waals surface area contributed by atoms with Crippen molar-refractivity contribution in [2.24, 2.45) is 0 Å². The van der Waals surface area contributed by atoms with Crippen LogP contribution in [0.1, 0.15) is 142 Å². The van der Waals surface area contributed by atoms with E-state index in [-0.39, 0.29) is 0 Å². The van der Waals surface area contributed by atoms with Crippen molar-refractivity contribution in [3.63, 3.8) is 0 Å². The number of nitrogens with zero attached hydrogens (tertiary/aromatic N) is 1. The highest BCUT2D eigenvalue weighted by Gasteiger charge is 2.00. The first-order chi connectivity index (χ1) is 12.8. The molecule has 0 aliphatic rings. The molecule has 0 saturated carbocycles. The molecule has 158 valence electrons. The van der Waals surface area contributed by atoms with Crippen LogP contribution in [0.3, 0.4) is 0 Å². The van der Waals surface area contributed by atoms with Gasteiger partial charge in [-0.3, -0.25) is 4.31 Å². The van der Waals surface area contributed by atoms with Gasteiger partial charge >= 0.3 is 0 Å². The second-order valence-corrected chi connectivity index (χ2v) is 8.88. The molecule has 0 radical (unpaired) electrons. The highest BCUT2D eigenvalue weighted by atomic mass is 32.1. The van der Waals surface area contributed by atoms with E-state index in [9.17, 15) is 0 Å². The Morgan fingerprint density at radius 2 is 0.615 bits per heavy atom. The van der Waals surface area contributed by atoms with Crippen molar-refractivity contribution in [1.82, 2.24) is 4.31 Å². The van der Waals surface area contributed by atoms with Gasteiger partial charge in [0.25, 0.3) is 0 Å².